The van der Waals surface area contributed by atoms with E-state index in [1.54, 1.807) is 7.11 Å². The number of fused-ring (bicyclic) bond motifs is 1. The Balaban J connectivity index is 1.81. The Labute approximate surface area is 115 Å². The molecule has 3 rings (SSSR count). The van der Waals surface area contributed by atoms with Crippen LogP contribution in [0.5, 0.6) is 5.75 Å². The van der Waals surface area contributed by atoms with Gasteiger partial charge in [0.05, 0.1) is 7.11 Å². The maximum atomic E-state index is 5.52. The van der Waals surface area contributed by atoms with Crippen molar-refractivity contribution in [3.8, 4) is 5.75 Å². The Morgan fingerprint density at radius 1 is 1.32 bits per heavy atom. The first-order valence-corrected chi connectivity index (χ1v) is 7.35. The summed E-state index contributed by atoms with van der Waals surface area (Å²) in [4.78, 5) is 0. The lowest BCUT2D eigenvalue weighted by atomic mass is 9.76. The van der Waals surface area contributed by atoms with Crippen LogP contribution >= 0.6 is 0 Å². The fourth-order valence-corrected chi connectivity index (χ4v) is 3.56. The highest BCUT2D eigenvalue weighted by Crippen LogP contribution is 2.36. The van der Waals surface area contributed by atoms with Gasteiger partial charge in [-0.15, -0.1) is 0 Å². The number of hydrogen-bond acceptors (Lipinski definition) is 2. The van der Waals surface area contributed by atoms with E-state index in [4.69, 9.17) is 4.74 Å². The zero-order valence-corrected chi connectivity index (χ0v) is 11.9. The van der Waals surface area contributed by atoms with E-state index in [0.717, 1.165) is 24.6 Å². The predicted octanol–water partition coefficient (Wildman–Crippen LogP) is 3.27. The van der Waals surface area contributed by atoms with Crippen molar-refractivity contribution < 1.29 is 4.74 Å². The van der Waals surface area contributed by atoms with Gasteiger partial charge in [0.2, 0.25) is 0 Å². The molecule has 0 bridgehead atoms. The number of hydrogen-bond donors (Lipinski definition) is 1. The molecule has 19 heavy (non-hydrogen) atoms. The monoisotopic (exact) mass is 257 g/mol. The zero-order valence-electron chi connectivity index (χ0n) is 11.9. The average Bonchev–Trinajstić information content (AvgIpc) is 2.46. The highest BCUT2D eigenvalue weighted by Gasteiger charge is 2.28. The number of nitrogens with one attached hydrogen (secondary N) is 1. The SMILES string of the molecule is COc1cccc2c1CC([C@@H]1CCN[C@@H](C)C1)C=C2. The molecule has 0 aromatic heterocycles. The van der Waals surface area contributed by atoms with Gasteiger partial charge in [0.15, 0.2) is 0 Å². The molecule has 2 heteroatoms. The molecule has 1 saturated heterocycles. The third-order valence-corrected chi connectivity index (χ3v) is 4.62. The fourth-order valence-electron chi connectivity index (χ4n) is 3.56. The van der Waals surface area contributed by atoms with Crippen molar-refractivity contribution in [2.45, 2.75) is 32.2 Å². The van der Waals surface area contributed by atoms with Crippen LogP contribution < -0.4 is 10.1 Å². The quantitative estimate of drug-likeness (QED) is 0.878. The molecule has 0 spiro atoms. The van der Waals surface area contributed by atoms with E-state index < -0.39 is 0 Å². The molecule has 0 amide bonds. The molecule has 1 aromatic rings. The summed E-state index contributed by atoms with van der Waals surface area (Å²) in [6.45, 7) is 3.46. The molecule has 1 heterocycles. The molecule has 1 aromatic carbocycles. The van der Waals surface area contributed by atoms with Gasteiger partial charge in [0.1, 0.15) is 5.75 Å². The van der Waals surface area contributed by atoms with E-state index in [0.29, 0.717) is 12.0 Å². The molecule has 1 unspecified atom stereocenters. The van der Waals surface area contributed by atoms with Gasteiger partial charge in [-0.2, -0.15) is 0 Å². The Morgan fingerprint density at radius 3 is 3.00 bits per heavy atom. The van der Waals surface area contributed by atoms with Crippen molar-refractivity contribution in [3.05, 3.63) is 35.4 Å². The summed E-state index contributed by atoms with van der Waals surface area (Å²) in [5.41, 5.74) is 2.72. The number of piperidine rings is 1. The molecule has 1 N–H and O–H groups in total. The smallest absolute Gasteiger partial charge is 0.122 e. The summed E-state index contributed by atoms with van der Waals surface area (Å²) in [6, 6.07) is 7.01. The third kappa shape index (κ3) is 2.55. The molecule has 1 fully saturated rings. The van der Waals surface area contributed by atoms with Crippen LogP contribution in [0.4, 0.5) is 0 Å². The van der Waals surface area contributed by atoms with E-state index in [1.165, 1.54) is 24.0 Å². The normalized spacial score (nSPS) is 29.9. The molecule has 0 radical (unpaired) electrons. The molecule has 3 atom stereocenters. The van der Waals surface area contributed by atoms with Gasteiger partial charge in [-0.1, -0.05) is 24.3 Å². The van der Waals surface area contributed by atoms with Crippen molar-refractivity contribution in [1.82, 2.24) is 5.32 Å². The van der Waals surface area contributed by atoms with Crippen molar-refractivity contribution >= 4 is 6.08 Å². The minimum absolute atomic E-state index is 0.659. The number of allylic oxidation sites excluding steroid dienone is 1. The minimum Gasteiger partial charge on any atom is -0.496 e. The standard InChI is InChI=1S/C17H23NO/c1-12-10-15(8-9-18-12)14-7-6-13-4-3-5-17(19-2)16(13)11-14/h3-7,12,14-15,18H,8-11H2,1-2H3/t12-,14?,15+/m0/s1. The van der Waals surface area contributed by atoms with Crippen molar-refractivity contribution in [3.63, 3.8) is 0 Å². The van der Waals surface area contributed by atoms with E-state index in [-0.39, 0.29) is 0 Å². The number of benzene rings is 1. The molecule has 2 aliphatic rings. The Hall–Kier alpha value is -1.28. The van der Waals surface area contributed by atoms with Crippen molar-refractivity contribution in [2.75, 3.05) is 13.7 Å². The molecular weight excluding hydrogens is 234 g/mol. The summed E-state index contributed by atoms with van der Waals surface area (Å²) in [7, 11) is 1.77. The second-order valence-corrected chi connectivity index (χ2v) is 5.89. The van der Waals surface area contributed by atoms with E-state index in [2.05, 4.69) is 42.6 Å². The largest absolute Gasteiger partial charge is 0.496 e. The number of ether oxygens (including phenoxy) is 1. The first-order chi connectivity index (χ1) is 9.28. The number of methoxy groups -OCH3 is 1. The van der Waals surface area contributed by atoms with E-state index in [9.17, 15) is 0 Å². The van der Waals surface area contributed by atoms with Gasteiger partial charge in [-0.25, -0.2) is 0 Å². The lowest BCUT2D eigenvalue weighted by molar-refractivity contribution is 0.255. The molecular formula is C17H23NO. The van der Waals surface area contributed by atoms with Crippen molar-refractivity contribution in [1.29, 1.82) is 0 Å². The maximum Gasteiger partial charge on any atom is 0.122 e. The van der Waals surface area contributed by atoms with Gasteiger partial charge < -0.3 is 10.1 Å². The van der Waals surface area contributed by atoms with E-state index in [1.807, 2.05) is 0 Å². The van der Waals surface area contributed by atoms with Gasteiger partial charge in [0.25, 0.3) is 0 Å². The van der Waals surface area contributed by atoms with Crippen LogP contribution in [0.15, 0.2) is 24.3 Å². The summed E-state index contributed by atoms with van der Waals surface area (Å²) >= 11 is 0. The van der Waals surface area contributed by atoms with Gasteiger partial charge >= 0.3 is 0 Å². The fraction of sp³-hybridized carbons (Fsp3) is 0.529. The predicted molar refractivity (Wildman–Crippen MR) is 79.4 cm³/mol. The molecule has 1 aliphatic heterocycles. The first-order valence-electron chi connectivity index (χ1n) is 7.35. The lowest BCUT2D eigenvalue weighted by Crippen LogP contribution is -2.38. The van der Waals surface area contributed by atoms with Gasteiger partial charge in [0, 0.05) is 11.6 Å². The van der Waals surface area contributed by atoms with Crippen LogP contribution in [0.25, 0.3) is 6.08 Å². The number of rotatable bonds is 2. The summed E-state index contributed by atoms with van der Waals surface area (Å²) in [6.07, 6.45) is 8.43. The maximum absolute atomic E-state index is 5.52. The topological polar surface area (TPSA) is 21.3 Å². The first kappa shape index (κ1) is 12.7. The Kier molecular flexibility index (Phi) is 3.61. The van der Waals surface area contributed by atoms with Crippen LogP contribution in [0.2, 0.25) is 0 Å². The van der Waals surface area contributed by atoms with Crippen LogP contribution in [0.1, 0.15) is 30.9 Å². The van der Waals surface area contributed by atoms with Crippen LogP contribution in [0.3, 0.4) is 0 Å². The van der Waals surface area contributed by atoms with Crippen LogP contribution in [-0.2, 0) is 6.42 Å². The zero-order chi connectivity index (χ0) is 13.2. The minimum atomic E-state index is 0.659. The highest BCUT2D eigenvalue weighted by atomic mass is 16.5. The summed E-state index contributed by atoms with van der Waals surface area (Å²) < 4.78 is 5.52. The van der Waals surface area contributed by atoms with Crippen molar-refractivity contribution in [2.24, 2.45) is 11.8 Å². The second kappa shape index (κ2) is 5.38. The molecule has 2 nitrogen and oxygen atoms in total. The van der Waals surface area contributed by atoms with Crippen LogP contribution in [-0.4, -0.2) is 19.7 Å². The molecule has 102 valence electrons. The highest BCUT2D eigenvalue weighted by molar-refractivity contribution is 5.60. The molecule has 0 saturated carbocycles. The lowest BCUT2D eigenvalue weighted by Gasteiger charge is -2.34. The third-order valence-electron chi connectivity index (χ3n) is 4.62. The summed E-state index contributed by atoms with van der Waals surface area (Å²) in [5.74, 6) is 2.53. The Morgan fingerprint density at radius 2 is 2.21 bits per heavy atom. The summed E-state index contributed by atoms with van der Waals surface area (Å²) in [5, 5.41) is 3.54. The average molecular weight is 257 g/mol. The second-order valence-electron chi connectivity index (χ2n) is 5.89. The van der Waals surface area contributed by atoms with Gasteiger partial charge in [-0.05, 0) is 56.2 Å². The van der Waals surface area contributed by atoms with E-state index >= 15 is 0 Å². The Bertz CT molecular complexity index is 480. The van der Waals surface area contributed by atoms with Crippen LogP contribution in [0, 0.1) is 11.8 Å². The molecule has 1 aliphatic carbocycles. The van der Waals surface area contributed by atoms with Gasteiger partial charge in [-0.3, -0.25) is 0 Å².